The Balaban J connectivity index is 2.43. The summed E-state index contributed by atoms with van der Waals surface area (Å²) in [7, 11) is 0. The molecule has 0 saturated heterocycles. The zero-order valence-electron chi connectivity index (χ0n) is 10.9. The smallest absolute Gasteiger partial charge is 0.255 e. The number of fused-ring (bicyclic) bond motifs is 1. The highest BCUT2D eigenvalue weighted by atomic mass is 16.5. The number of hydrogen-bond donors (Lipinski definition) is 1. The van der Waals surface area contributed by atoms with Gasteiger partial charge in [0.05, 0.1) is 12.1 Å². The fraction of sp³-hybridized carbons (Fsp3) is 0.429. The molecule has 1 aliphatic rings. The molecule has 96 valence electrons. The Morgan fingerprint density at radius 2 is 2.06 bits per heavy atom. The molecule has 0 bridgehead atoms. The van der Waals surface area contributed by atoms with Crippen LogP contribution in [0.4, 0.5) is 0 Å². The van der Waals surface area contributed by atoms with Crippen LogP contribution in [0.15, 0.2) is 18.2 Å². The lowest BCUT2D eigenvalue weighted by molar-refractivity contribution is 0.0858. The molecule has 0 unspecified atom stereocenters. The summed E-state index contributed by atoms with van der Waals surface area (Å²) in [5, 5.41) is 2.73. The van der Waals surface area contributed by atoms with Crippen LogP contribution in [0, 0.1) is 5.41 Å². The van der Waals surface area contributed by atoms with Crippen LogP contribution in [-0.4, -0.2) is 24.8 Å². The van der Waals surface area contributed by atoms with Crippen molar-refractivity contribution in [3.8, 4) is 5.75 Å². The predicted molar refractivity (Wildman–Crippen MR) is 68.1 cm³/mol. The molecule has 18 heavy (non-hydrogen) atoms. The second kappa shape index (κ2) is 4.44. The number of ether oxygens (including phenoxy) is 1. The molecule has 1 N–H and O–H groups in total. The lowest BCUT2D eigenvalue weighted by atomic mass is 9.86. The first-order valence-corrected chi connectivity index (χ1v) is 5.99. The number of carbonyl (C=O) groups excluding carboxylic acids is 2. The SMILES string of the molecule is CC(C)(C)C(=O)c1ccc2c(c1)C(=O)NCCO2. The van der Waals surface area contributed by atoms with Gasteiger partial charge >= 0.3 is 0 Å². The number of nitrogens with one attached hydrogen (secondary N) is 1. The average molecular weight is 247 g/mol. The van der Waals surface area contributed by atoms with E-state index in [1.807, 2.05) is 20.8 Å². The van der Waals surface area contributed by atoms with Crippen LogP contribution in [0.25, 0.3) is 0 Å². The zero-order valence-corrected chi connectivity index (χ0v) is 10.9. The van der Waals surface area contributed by atoms with Crippen molar-refractivity contribution >= 4 is 11.7 Å². The summed E-state index contributed by atoms with van der Waals surface area (Å²) in [5.74, 6) is 0.365. The molecular weight excluding hydrogens is 230 g/mol. The van der Waals surface area contributed by atoms with Gasteiger partial charge in [0.25, 0.3) is 5.91 Å². The van der Waals surface area contributed by atoms with Crippen LogP contribution in [0.5, 0.6) is 5.75 Å². The Labute approximate surface area is 106 Å². The van der Waals surface area contributed by atoms with Gasteiger partial charge in [-0.15, -0.1) is 0 Å². The normalized spacial score (nSPS) is 15.2. The first kappa shape index (κ1) is 12.6. The summed E-state index contributed by atoms with van der Waals surface area (Å²) < 4.78 is 5.44. The Morgan fingerprint density at radius 1 is 1.33 bits per heavy atom. The van der Waals surface area contributed by atoms with Crippen molar-refractivity contribution in [2.24, 2.45) is 5.41 Å². The largest absolute Gasteiger partial charge is 0.491 e. The van der Waals surface area contributed by atoms with E-state index in [0.717, 1.165) is 0 Å². The monoisotopic (exact) mass is 247 g/mol. The minimum atomic E-state index is -0.462. The quantitative estimate of drug-likeness (QED) is 0.773. The summed E-state index contributed by atoms with van der Waals surface area (Å²) in [4.78, 5) is 24.0. The maximum atomic E-state index is 12.2. The molecule has 0 spiro atoms. The van der Waals surface area contributed by atoms with Crippen molar-refractivity contribution in [1.82, 2.24) is 5.32 Å². The summed E-state index contributed by atoms with van der Waals surface area (Å²) in [6, 6.07) is 5.02. The third-order valence-corrected chi connectivity index (χ3v) is 2.81. The van der Waals surface area contributed by atoms with Crippen LogP contribution in [-0.2, 0) is 0 Å². The number of Topliss-reactive ketones (excluding diaryl/α,β-unsaturated/α-hetero) is 1. The molecule has 0 fully saturated rings. The lowest BCUT2D eigenvalue weighted by Gasteiger charge is -2.17. The third kappa shape index (κ3) is 2.37. The van der Waals surface area contributed by atoms with Gasteiger partial charge in [0.15, 0.2) is 5.78 Å². The van der Waals surface area contributed by atoms with Gasteiger partial charge in [0, 0.05) is 11.0 Å². The molecule has 1 aromatic rings. The number of benzene rings is 1. The van der Waals surface area contributed by atoms with Crippen LogP contribution < -0.4 is 10.1 Å². The van der Waals surface area contributed by atoms with Gasteiger partial charge in [-0.05, 0) is 18.2 Å². The van der Waals surface area contributed by atoms with E-state index in [0.29, 0.717) is 30.0 Å². The minimum absolute atomic E-state index is 0.0161. The summed E-state index contributed by atoms with van der Waals surface area (Å²) in [5.41, 5.74) is 0.514. The van der Waals surface area contributed by atoms with E-state index in [2.05, 4.69) is 5.32 Å². The highest BCUT2D eigenvalue weighted by molar-refractivity contribution is 6.04. The van der Waals surface area contributed by atoms with Gasteiger partial charge in [0.1, 0.15) is 12.4 Å². The first-order valence-electron chi connectivity index (χ1n) is 5.99. The Kier molecular flexibility index (Phi) is 3.11. The molecule has 0 aliphatic carbocycles. The molecule has 0 saturated carbocycles. The first-order chi connectivity index (χ1) is 8.39. The molecule has 4 nitrogen and oxygen atoms in total. The van der Waals surface area contributed by atoms with Crippen molar-refractivity contribution in [2.75, 3.05) is 13.2 Å². The fourth-order valence-electron chi connectivity index (χ4n) is 1.83. The van der Waals surface area contributed by atoms with Gasteiger partial charge < -0.3 is 10.1 Å². The molecule has 0 radical (unpaired) electrons. The molecule has 1 amide bonds. The van der Waals surface area contributed by atoms with E-state index in [-0.39, 0.29) is 11.7 Å². The van der Waals surface area contributed by atoms with Gasteiger partial charge in [-0.25, -0.2) is 0 Å². The van der Waals surface area contributed by atoms with E-state index in [1.54, 1.807) is 18.2 Å². The highest BCUT2D eigenvalue weighted by Crippen LogP contribution is 2.26. The van der Waals surface area contributed by atoms with Crippen LogP contribution in [0.1, 0.15) is 41.5 Å². The van der Waals surface area contributed by atoms with Gasteiger partial charge in [-0.3, -0.25) is 9.59 Å². The fourth-order valence-corrected chi connectivity index (χ4v) is 1.83. The van der Waals surface area contributed by atoms with Crippen molar-refractivity contribution in [3.05, 3.63) is 29.3 Å². The number of hydrogen-bond acceptors (Lipinski definition) is 3. The lowest BCUT2D eigenvalue weighted by Crippen LogP contribution is -2.25. The highest BCUT2D eigenvalue weighted by Gasteiger charge is 2.25. The van der Waals surface area contributed by atoms with Crippen molar-refractivity contribution in [3.63, 3.8) is 0 Å². The van der Waals surface area contributed by atoms with Crippen molar-refractivity contribution in [1.29, 1.82) is 0 Å². The third-order valence-electron chi connectivity index (χ3n) is 2.81. The molecular formula is C14H17NO3. The van der Waals surface area contributed by atoms with E-state index in [4.69, 9.17) is 4.74 Å². The molecule has 1 heterocycles. The molecule has 0 atom stereocenters. The topological polar surface area (TPSA) is 55.4 Å². The second-order valence-corrected chi connectivity index (χ2v) is 5.39. The maximum Gasteiger partial charge on any atom is 0.255 e. The van der Waals surface area contributed by atoms with E-state index < -0.39 is 5.41 Å². The van der Waals surface area contributed by atoms with Gasteiger partial charge in [-0.1, -0.05) is 20.8 Å². The molecule has 1 aliphatic heterocycles. The number of ketones is 1. The number of amides is 1. The molecule has 2 rings (SSSR count). The standard InChI is InChI=1S/C14H17NO3/c1-14(2,3)12(16)9-4-5-11-10(8-9)13(17)15-6-7-18-11/h4-5,8H,6-7H2,1-3H3,(H,15,17). The second-order valence-electron chi connectivity index (χ2n) is 5.39. The zero-order chi connectivity index (χ0) is 13.3. The molecule has 4 heteroatoms. The Hall–Kier alpha value is -1.84. The van der Waals surface area contributed by atoms with E-state index in [1.165, 1.54) is 0 Å². The van der Waals surface area contributed by atoms with E-state index in [9.17, 15) is 9.59 Å². The van der Waals surface area contributed by atoms with Crippen LogP contribution in [0.2, 0.25) is 0 Å². The molecule has 1 aromatic carbocycles. The number of rotatable bonds is 1. The van der Waals surface area contributed by atoms with Crippen molar-refractivity contribution in [2.45, 2.75) is 20.8 Å². The summed E-state index contributed by atoms with van der Waals surface area (Å²) in [6.45, 7) is 6.51. The Morgan fingerprint density at radius 3 is 2.72 bits per heavy atom. The summed E-state index contributed by atoms with van der Waals surface area (Å²) >= 11 is 0. The van der Waals surface area contributed by atoms with Gasteiger partial charge in [-0.2, -0.15) is 0 Å². The maximum absolute atomic E-state index is 12.2. The molecule has 0 aromatic heterocycles. The van der Waals surface area contributed by atoms with Crippen LogP contribution in [0.3, 0.4) is 0 Å². The predicted octanol–water partition coefficient (Wildman–Crippen LogP) is 2.04. The van der Waals surface area contributed by atoms with Crippen molar-refractivity contribution < 1.29 is 14.3 Å². The average Bonchev–Trinajstić information content (AvgIpc) is 2.49. The number of carbonyl (C=O) groups is 2. The Bertz CT molecular complexity index is 500. The minimum Gasteiger partial charge on any atom is -0.491 e. The van der Waals surface area contributed by atoms with Crippen LogP contribution >= 0.6 is 0 Å². The van der Waals surface area contributed by atoms with E-state index >= 15 is 0 Å². The van der Waals surface area contributed by atoms with Gasteiger partial charge in [0.2, 0.25) is 0 Å². The summed E-state index contributed by atoms with van der Waals surface area (Å²) in [6.07, 6.45) is 0.